The van der Waals surface area contributed by atoms with Crippen molar-refractivity contribution < 1.29 is 9.90 Å². The number of carbonyl (C=O) groups is 1. The Kier molecular flexibility index (Phi) is 3.87. The predicted molar refractivity (Wildman–Crippen MR) is 103 cm³/mol. The van der Waals surface area contributed by atoms with E-state index in [9.17, 15) is 9.90 Å². The highest BCUT2D eigenvalue weighted by atomic mass is 16.3. The zero-order valence-corrected chi connectivity index (χ0v) is 15.8. The highest BCUT2D eigenvalue weighted by Crippen LogP contribution is 2.58. The standard InChI is InChI=1S/C23H27NO2/c1-4-22(2)20-15-17-18(11-8-12-19(17)25)23(22,3)13-14-24(20)21(26)16-9-6-5-7-10-16/h5-12,20,25H,4,13-15H2,1-3H3/t20-,22?,23+/m1/s1. The molecule has 1 heterocycles. The molecule has 3 nitrogen and oxygen atoms in total. The molecule has 1 saturated heterocycles. The highest BCUT2D eigenvalue weighted by molar-refractivity contribution is 5.94. The number of fused-ring (bicyclic) bond motifs is 4. The predicted octanol–water partition coefficient (Wildman–Crippen LogP) is 4.54. The van der Waals surface area contributed by atoms with E-state index in [0.29, 0.717) is 5.75 Å². The number of phenols is 1. The first-order valence-corrected chi connectivity index (χ1v) is 9.60. The van der Waals surface area contributed by atoms with E-state index >= 15 is 0 Å². The second-order valence-corrected chi connectivity index (χ2v) is 8.24. The molecule has 0 aromatic heterocycles. The summed E-state index contributed by atoms with van der Waals surface area (Å²) in [6, 6.07) is 15.6. The summed E-state index contributed by atoms with van der Waals surface area (Å²) in [5.41, 5.74) is 2.99. The van der Waals surface area contributed by atoms with E-state index in [2.05, 4.69) is 31.7 Å². The maximum absolute atomic E-state index is 13.3. The Bertz CT molecular complexity index is 847. The third kappa shape index (κ3) is 2.16. The van der Waals surface area contributed by atoms with Crippen LogP contribution in [0.1, 0.15) is 55.1 Å². The molecule has 136 valence electrons. The van der Waals surface area contributed by atoms with Gasteiger partial charge in [0.05, 0.1) is 0 Å². The summed E-state index contributed by atoms with van der Waals surface area (Å²) in [7, 11) is 0. The van der Waals surface area contributed by atoms with Gasteiger partial charge in [-0.15, -0.1) is 0 Å². The van der Waals surface area contributed by atoms with Crippen LogP contribution in [0.5, 0.6) is 5.75 Å². The zero-order chi connectivity index (χ0) is 18.5. The molecule has 1 aliphatic heterocycles. The number of aromatic hydroxyl groups is 1. The first-order chi connectivity index (χ1) is 12.4. The number of benzene rings is 2. The summed E-state index contributed by atoms with van der Waals surface area (Å²) in [5, 5.41) is 10.5. The van der Waals surface area contributed by atoms with Gasteiger partial charge in [-0.1, -0.05) is 51.1 Å². The van der Waals surface area contributed by atoms with Crippen molar-refractivity contribution in [1.82, 2.24) is 4.90 Å². The average molecular weight is 349 g/mol. The number of amides is 1. The van der Waals surface area contributed by atoms with Crippen molar-refractivity contribution in [2.75, 3.05) is 6.54 Å². The van der Waals surface area contributed by atoms with Gasteiger partial charge in [0.2, 0.25) is 0 Å². The lowest BCUT2D eigenvalue weighted by atomic mass is 9.49. The number of phenolic OH excluding ortho intramolecular Hbond substituents is 1. The minimum Gasteiger partial charge on any atom is -0.508 e. The fourth-order valence-corrected chi connectivity index (χ4v) is 5.39. The van der Waals surface area contributed by atoms with Crippen molar-refractivity contribution in [2.24, 2.45) is 5.41 Å². The van der Waals surface area contributed by atoms with Crippen molar-refractivity contribution in [3.8, 4) is 5.75 Å². The van der Waals surface area contributed by atoms with E-state index in [1.165, 1.54) is 5.56 Å². The molecule has 2 aliphatic rings. The molecule has 3 heteroatoms. The number of nitrogens with zero attached hydrogens (tertiary/aromatic N) is 1. The number of likely N-dealkylation sites (tertiary alicyclic amines) is 1. The number of carbonyl (C=O) groups excluding carboxylic acids is 1. The molecule has 2 aromatic carbocycles. The number of piperidine rings is 1. The molecule has 0 radical (unpaired) electrons. The Morgan fingerprint density at radius 3 is 2.58 bits per heavy atom. The molecule has 2 aromatic rings. The summed E-state index contributed by atoms with van der Waals surface area (Å²) in [5.74, 6) is 0.474. The smallest absolute Gasteiger partial charge is 0.254 e. The van der Waals surface area contributed by atoms with Gasteiger partial charge in [-0.05, 0) is 54.0 Å². The molecule has 0 spiro atoms. The van der Waals surface area contributed by atoms with Crippen LogP contribution < -0.4 is 0 Å². The number of hydrogen-bond donors (Lipinski definition) is 1. The third-order valence-electron chi connectivity index (χ3n) is 7.38. The molecule has 0 saturated carbocycles. The normalized spacial score (nSPS) is 30.0. The van der Waals surface area contributed by atoms with E-state index in [4.69, 9.17) is 0 Å². The quantitative estimate of drug-likeness (QED) is 0.865. The number of hydrogen-bond acceptors (Lipinski definition) is 2. The van der Waals surface area contributed by atoms with Gasteiger partial charge in [-0.25, -0.2) is 0 Å². The van der Waals surface area contributed by atoms with E-state index in [1.807, 2.05) is 36.4 Å². The molecule has 1 unspecified atom stereocenters. The van der Waals surface area contributed by atoms with Crippen LogP contribution in [0, 0.1) is 5.41 Å². The fourth-order valence-electron chi connectivity index (χ4n) is 5.39. The molecular formula is C23H27NO2. The lowest BCUT2D eigenvalue weighted by Crippen LogP contribution is -2.65. The topological polar surface area (TPSA) is 40.5 Å². The SMILES string of the molecule is CCC1(C)[C@H]2Cc3c(O)cccc3[C@]1(C)CCN2C(=O)c1ccccc1. The van der Waals surface area contributed by atoms with Gasteiger partial charge in [0.15, 0.2) is 0 Å². The van der Waals surface area contributed by atoms with Crippen molar-refractivity contribution in [2.45, 2.75) is 51.5 Å². The van der Waals surface area contributed by atoms with Gasteiger partial charge < -0.3 is 10.0 Å². The summed E-state index contributed by atoms with van der Waals surface area (Å²) in [6.45, 7) is 7.65. The summed E-state index contributed by atoms with van der Waals surface area (Å²) >= 11 is 0. The van der Waals surface area contributed by atoms with Crippen LogP contribution in [0.3, 0.4) is 0 Å². The van der Waals surface area contributed by atoms with Crippen LogP contribution in [0.15, 0.2) is 48.5 Å². The monoisotopic (exact) mass is 349 g/mol. The van der Waals surface area contributed by atoms with E-state index in [-0.39, 0.29) is 22.8 Å². The van der Waals surface area contributed by atoms with Crippen LogP contribution >= 0.6 is 0 Å². The van der Waals surface area contributed by atoms with E-state index in [1.54, 1.807) is 6.07 Å². The molecule has 1 aliphatic carbocycles. The molecule has 2 bridgehead atoms. The minimum atomic E-state index is -0.0355. The molecule has 26 heavy (non-hydrogen) atoms. The van der Waals surface area contributed by atoms with Gasteiger partial charge in [0, 0.05) is 23.6 Å². The Balaban J connectivity index is 1.83. The van der Waals surface area contributed by atoms with E-state index < -0.39 is 0 Å². The molecule has 1 amide bonds. The first kappa shape index (κ1) is 17.1. The zero-order valence-electron chi connectivity index (χ0n) is 15.8. The van der Waals surface area contributed by atoms with Gasteiger partial charge in [-0.3, -0.25) is 4.79 Å². The Morgan fingerprint density at radius 2 is 1.88 bits per heavy atom. The average Bonchev–Trinajstić information content (AvgIpc) is 2.65. The third-order valence-corrected chi connectivity index (χ3v) is 7.38. The molecule has 1 N–H and O–H groups in total. The second-order valence-electron chi connectivity index (χ2n) is 8.24. The van der Waals surface area contributed by atoms with Crippen LogP contribution in [-0.4, -0.2) is 28.5 Å². The number of rotatable bonds is 2. The van der Waals surface area contributed by atoms with Gasteiger partial charge in [0.1, 0.15) is 5.75 Å². The highest BCUT2D eigenvalue weighted by Gasteiger charge is 2.58. The van der Waals surface area contributed by atoms with Crippen LogP contribution in [0.4, 0.5) is 0 Å². The Morgan fingerprint density at radius 1 is 1.15 bits per heavy atom. The van der Waals surface area contributed by atoms with Crippen molar-refractivity contribution in [3.63, 3.8) is 0 Å². The summed E-state index contributed by atoms with van der Waals surface area (Å²) in [6.07, 6.45) is 2.64. The van der Waals surface area contributed by atoms with Crippen molar-refractivity contribution in [1.29, 1.82) is 0 Å². The van der Waals surface area contributed by atoms with Gasteiger partial charge >= 0.3 is 0 Å². The van der Waals surface area contributed by atoms with Crippen LogP contribution in [-0.2, 0) is 11.8 Å². The molecule has 1 fully saturated rings. The fraction of sp³-hybridized carbons (Fsp3) is 0.435. The maximum Gasteiger partial charge on any atom is 0.254 e. The van der Waals surface area contributed by atoms with Gasteiger partial charge in [0.25, 0.3) is 5.91 Å². The minimum absolute atomic E-state index is 0.0174. The van der Waals surface area contributed by atoms with Crippen molar-refractivity contribution in [3.05, 3.63) is 65.2 Å². The van der Waals surface area contributed by atoms with Crippen LogP contribution in [0.2, 0.25) is 0 Å². The van der Waals surface area contributed by atoms with Crippen LogP contribution in [0.25, 0.3) is 0 Å². The van der Waals surface area contributed by atoms with Gasteiger partial charge in [-0.2, -0.15) is 0 Å². The largest absolute Gasteiger partial charge is 0.508 e. The molecular weight excluding hydrogens is 322 g/mol. The lowest BCUT2D eigenvalue weighted by Gasteiger charge is -2.62. The Hall–Kier alpha value is -2.29. The van der Waals surface area contributed by atoms with Crippen molar-refractivity contribution >= 4 is 5.91 Å². The lowest BCUT2D eigenvalue weighted by molar-refractivity contribution is -0.0402. The first-order valence-electron chi connectivity index (χ1n) is 9.60. The van der Waals surface area contributed by atoms with E-state index in [0.717, 1.165) is 36.9 Å². The summed E-state index contributed by atoms with van der Waals surface area (Å²) < 4.78 is 0. The summed E-state index contributed by atoms with van der Waals surface area (Å²) in [4.78, 5) is 15.3. The maximum atomic E-state index is 13.3. The second kappa shape index (κ2) is 5.87. The molecule has 3 atom stereocenters. The molecule has 4 rings (SSSR count). The Labute approximate surface area is 155 Å².